The van der Waals surface area contributed by atoms with E-state index in [1.54, 1.807) is 6.92 Å². The van der Waals surface area contributed by atoms with Gasteiger partial charge in [0.15, 0.2) is 5.82 Å². The Balaban J connectivity index is 2.15. The molecule has 1 rings (SSSR count). The Morgan fingerprint density at radius 3 is 2.92 bits per heavy atom. The van der Waals surface area contributed by atoms with Gasteiger partial charge in [-0.1, -0.05) is 5.16 Å². The van der Waals surface area contributed by atoms with Crippen LogP contribution in [-0.2, 0) is 6.42 Å². The van der Waals surface area contributed by atoms with Crippen LogP contribution in [0.2, 0.25) is 0 Å². The topological polar surface area (TPSA) is 51.0 Å². The average molecular weight is 173 g/mol. The molecule has 0 spiro atoms. The summed E-state index contributed by atoms with van der Waals surface area (Å²) in [6, 6.07) is 0. The van der Waals surface area contributed by atoms with Crippen LogP contribution >= 0.6 is 0 Å². The summed E-state index contributed by atoms with van der Waals surface area (Å²) in [4.78, 5) is 4.00. The molecule has 0 unspecified atom stereocenters. The first-order valence-corrected chi connectivity index (χ1v) is 3.89. The lowest BCUT2D eigenvalue weighted by Gasteiger charge is -1.96. The van der Waals surface area contributed by atoms with Crippen LogP contribution in [0.3, 0.4) is 0 Å². The first kappa shape index (κ1) is 9.12. The van der Waals surface area contributed by atoms with Gasteiger partial charge in [0.05, 0.1) is 0 Å². The summed E-state index contributed by atoms with van der Waals surface area (Å²) < 4.78 is 16.4. The summed E-state index contributed by atoms with van der Waals surface area (Å²) in [6.45, 7) is 2.47. The summed E-state index contributed by atoms with van der Waals surface area (Å²) in [5.74, 6) is 1.23. The number of hydrogen-bond acceptors (Lipinski definition) is 4. The second-order valence-electron chi connectivity index (χ2n) is 2.42. The lowest BCUT2D eigenvalue weighted by molar-refractivity contribution is 0.386. The highest BCUT2D eigenvalue weighted by Gasteiger charge is 2.00. The molecule has 1 N–H and O–H groups in total. The summed E-state index contributed by atoms with van der Waals surface area (Å²) in [6.07, 6.45) is 0.678. The number of aromatic nitrogens is 2. The molecule has 4 nitrogen and oxygen atoms in total. The van der Waals surface area contributed by atoms with Gasteiger partial charge in [-0.15, -0.1) is 0 Å². The smallest absolute Gasteiger partial charge is 0.223 e. The van der Waals surface area contributed by atoms with Crippen molar-refractivity contribution in [1.29, 1.82) is 0 Å². The maximum absolute atomic E-state index is 11.6. The molecule has 0 saturated carbocycles. The van der Waals surface area contributed by atoms with Gasteiger partial charge in [-0.3, -0.25) is 0 Å². The van der Waals surface area contributed by atoms with E-state index in [1.807, 2.05) is 0 Å². The minimum atomic E-state index is -0.342. The van der Waals surface area contributed by atoms with E-state index in [-0.39, 0.29) is 6.67 Å². The molecular weight excluding hydrogens is 161 g/mol. The Morgan fingerprint density at radius 2 is 2.33 bits per heavy atom. The summed E-state index contributed by atoms with van der Waals surface area (Å²) in [5.41, 5.74) is 0. The molecule has 1 aromatic heterocycles. The van der Waals surface area contributed by atoms with Crippen molar-refractivity contribution in [2.45, 2.75) is 13.3 Å². The monoisotopic (exact) mass is 173 g/mol. The minimum absolute atomic E-state index is 0.342. The molecule has 0 aliphatic carbocycles. The molecule has 0 fully saturated rings. The fourth-order valence-corrected chi connectivity index (χ4v) is 0.835. The van der Waals surface area contributed by atoms with E-state index in [1.165, 1.54) is 0 Å². The van der Waals surface area contributed by atoms with E-state index in [4.69, 9.17) is 4.52 Å². The summed E-state index contributed by atoms with van der Waals surface area (Å²) in [7, 11) is 0. The van der Waals surface area contributed by atoms with Crippen LogP contribution in [0.1, 0.15) is 11.7 Å². The number of alkyl halides is 1. The highest BCUT2D eigenvalue weighted by Crippen LogP contribution is 1.94. The van der Waals surface area contributed by atoms with Crippen molar-refractivity contribution >= 4 is 0 Å². The number of nitrogens with zero attached hydrogens (tertiary/aromatic N) is 2. The van der Waals surface area contributed by atoms with Crippen molar-refractivity contribution in [1.82, 2.24) is 15.5 Å². The van der Waals surface area contributed by atoms with Gasteiger partial charge in [0.2, 0.25) is 5.89 Å². The maximum atomic E-state index is 11.6. The van der Waals surface area contributed by atoms with Crippen LogP contribution in [-0.4, -0.2) is 29.9 Å². The van der Waals surface area contributed by atoms with E-state index >= 15 is 0 Å². The van der Waals surface area contributed by atoms with Crippen molar-refractivity contribution in [3.05, 3.63) is 11.7 Å². The lowest BCUT2D eigenvalue weighted by atomic mass is 10.4. The molecule has 0 aromatic carbocycles. The van der Waals surface area contributed by atoms with Gasteiger partial charge in [0.25, 0.3) is 0 Å². The number of rotatable bonds is 5. The largest absolute Gasteiger partial charge is 0.340 e. The molecule has 5 heteroatoms. The second-order valence-corrected chi connectivity index (χ2v) is 2.42. The second kappa shape index (κ2) is 4.82. The lowest BCUT2D eigenvalue weighted by Crippen LogP contribution is -2.20. The molecule has 0 saturated heterocycles. The number of nitrogens with one attached hydrogen (secondary N) is 1. The zero-order valence-electron chi connectivity index (χ0n) is 7.01. The van der Waals surface area contributed by atoms with E-state index < -0.39 is 0 Å². The molecule has 0 aliphatic rings. The van der Waals surface area contributed by atoms with Gasteiger partial charge in [-0.05, 0) is 0 Å². The fraction of sp³-hybridized carbons (Fsp3) is 0.714. The fourth-order valence-electron chi connectivity index (χ4n) is 0.835. The minimum Gasteiger partial charge on any atom is -0.340 e. The van der Waals surface area contributed by atoms with Crippen LogP contribution in [0.25, 0.3) is 0 Å². The van der Waals surface area contributed by atoms with Crippen LogP contribution in [0.4, 0.5) is 4.39 Å². The van der Waals surface area contributed by atoms with Crippen molar-refractivity contribution < 1.29 is 8.91 Å². The number of halogens is 1. The first-order chi connectivity index (χ1) is 5.83. The van der Waals surface area contributed by atoms with Crippen molar-refractivity contribution in [3.8, 4) is 0 Å². The Bertz CT molecular complexity index is 226. The molecular formula is C7H12FN3O. The standard InChI is InChI=1S/C7H12FN3O/c1-6-10-7(11-12-6)2-4-9-5-3-8/h9H,2-5H2,1H3. The third-order valence-electron chi connectivity index (χ3n) is 1.37. The molecule has 0 bridgehead atoms. The zero-order valence-corrected chi connectivity index (χ0v) is 7.01. The third kappa shape index (κ3) is 2.96. The van der Waals surface area contributed by atoms with Gasteiger partial charge < -0.3 is 9.84 Å². The SMILES string of the molecule is Cc1nc(CCNCCF)no1. The predicted octanol–water partition coefficient (Wildman–Crippen LogP) is 0.480. The van der Waals surface area contributed by atoms with E-state index in [0.717, 1.165) is 0 Å². The molecule has 1 aromatic rings. The highest BCUT2D eigenvalue weighted by molar-refractivity contribution is 4.84. The Morgan fingerprint density at radius 1 is 1.50 bits per heavy atom. The van der Waals surface area contributed by atoms with Crippen molar-refractivity contribution in [2.24, 2.45) is 0 Å². The summed E-state index contributed by atoms with van der Waals surface area (Å²) >= 11 is 0. The van der Waals surface area contributed by atoms with Crippen molar-refractivity contribution in [2.75, 3.05) is 19.8 Å². The van der Waals surface area contributed by atoms with Crippen LogP contribution in [0, 0.1) is 6.92 Å². The third-order valence-corrected chi connectivity index (χ3v) is 1.37. The quantitative estimate of drug-likeness (QED) is 0.658. The molecule has 68 valence electrons. The molecule has 12 heavy (non-hydrogen) atoms. The highest BCUT2D eigenvalue weighted by atomic mass is 19.1. The zero-order chi connectivity index (χ0) is 8.81. The van der Waals surface area contributed by atoms with E-state index in [9.17, 15) is 4.39 Å². The van der Waals surface area contributed by atoms with Crippen LogP contribution < -0.4 is 5.32 Å². The van der Waals surface area contributed by atoms with Gasteiger partial charge >= 0.3 is 0 Å². The van der Waals surface area contributed by atoms with E-state index in [0.29, 0.717) is 31.2 Å². The first-order valence-electron chi connectivity index (χ1n) is 3.89. The van der Waals surface area contributed by atoms with Crippen LogP contribution in [0.5, 0.6) is 0 Å². The number of hydrogen-bond donors (Lipinski definition) is 1. The maximum Gasteiger partial charge on any atom is 0.223 e. The summed E-state index contributed by atoms with van der Waals surface area (Å²) in [5, 5.41) is 6.59. The van der Waals surface area contributed by atoms with E-state index in [2.05, 4.69) is 15.5 Å². The van der Waals surface area contributed by atoms with Gasteiger partial charge in [-0.2, -0.15) is 4.98 Å². The van der Waals surface area contributed by atoms with Crippen LogP contribution in [0.15, 0.2) is 4.52 Å². The molecule has 0 amide bonds. The Kier molecular flexibility index (Phi) is 3.66. The predicted molar refractivity (Wildman–Crippen MR) is 41.6 cm³/mol. The molecule has 0 aliphatic heterocycles. The van der Waals surface area contributed by atoms with Gasteiger partial charge in [0.1, 0.15) is 6.67 Å². The molecule has 1 heterocycles. The molecule has 0 radical (unpaired) electrons. The molecule has 0 atom stereocenters. The Hall–Kier alpha value is -0.970. The average Bonchev–Trinajstić information content (AvgIpc) is 2.45. The Labute approximate surface area is 70.2 Å². The number of aryl methyl sites for hydroxylation is 1. The normalized spacial score (nSPS) is 10.5. The van der Waals surface area contributed by atoms with Crippen molar-refractivity contribution in [3.63, 3.8) is 0 Å². The van der Waals surface area contributed by atoms with Gasteiger partial charge in [0, 0.05) is 26.4 Å². The van der Waals surface area contributed by atoms with Gasteiger partial charge in [-0.25, -0.2) is 4.39 Å².